The maximum Gasteiger partial charge on any atom is 0.338 e. The van der Waals surface area contributed by atoms with Gasteiger partial charge in [-0.1, -0.05) is 44.2 Å². The van der Waals surface area contributed by atoms with Crippen LogP contribution in [0.2, 0.25) is 0 Å². The van der Waals surface area contributed by atoms with Crippen LogP contribution in [0.4, 0.5) is 5.69 Å². The second-order valence-electron chi connectivity index (χ2n) is 7.05. The zero-order valence-corrected chi connectivity index (χ0v) is 17.2. The summed E-state index contributed by atoms with van der Waals surface area (Å²) in [6.45, 7) is 5.56. The van der Waals surface area contributed by atoms with E-state index in [0.717, 1.165) is 11.8 Å². The number of carbonyl (C=O) groups is 2. The molecule has 0 saturated carbocycles. The minimum absolute atomic E-state index is 0.101. The summed E-state index contributed by atoms with van der Waals surface area (Å²) in [5, 5.41) is 2.80. The lowest BCUT2D eigenvalue weighted by Gasteiger charge is -2.17. The molecule has 0 aliphatic heterocycles. The normalized spacial score (nSPS) is 12.5. The van der Waals surface area contributed by atoms with Gasteiger partial charge in [0.25, 0.3) is 5.91 Å². The van der Waals surface area contributed by atoms with Gasteiger partial charge in [-0.2, -0.15) is 0 Å². The average Bonchev–Trinajstić information content (AvgIpc) is 2.61. The Balaban J connectivity index is 2.01. The minimum Gasteiger partial charge on any atom is -0.449 e. The monoisotopic (exact) mass is 403 g/mol. The Morgan fingerprint density at radius 1 is 1.00 bits per heavy atom. The number of ether oxygens (including phenoxy) is 1. The van der Waals surface area contributed by atoms with Crippen LogP contribution in [0.25, 0.3) is 0 Å². The fourth-order valence-electron chi connectivity index (χ4n) is 2.67. The summed E-state index contributed by atoms with van der Waals surface area (Å²) in [6, 6.07) is 13.6. The number of amides is 1. The van der Waals surface area contributed by atoms with E-state index in [9.17, 15) is 18.0 Å². The molecule has 0 spiro atoms. The van der Waals surface area contributed by atoms with Crippen LogP contribution >= 0.6 is 0 Å². The Hall–Kier alpha value is -2.67. The number of hydrogen-bond acceptors (Lipinski definition) is 5. The summed E-state index contributed by atoms with van der Waals surface area (Å²) in [6.07, 6.45) is 0.163. The third-order valence-electron chi connectivity index (χ3n) is 4.11. The van der Waals surface area contributed by atoms with E-state index in [0.29, 0.717) is 11.3 Å². The Morgan fingerprint density at radius 3 is 2.18 bits per heavy atom. The summed E-state index contributed by atoms with van der Waals surface area (Å²) in [5.74, 6) is -0.934. The van der Waals surface area contributed by atoms with Crippen LogP contribution in [0.1, 0.15) is 48.2 Å². The molecule has 0 saturated heterocycles. The zero-order chi connectivity index (χ0) is 20.9. The average molecular weight is 404 g/mol. The highest BCUT2D eigenvalue weighted by molar-refractivity contribution is 7.89. The van der Waals surface area contributed by atoms with E-state index in [2.05, 4.69) is 5.32 Å². The van der Waals surface area contributed by atoms with Gasteiger partial charge in [0.15, 0.2) is 15.9 Å². The maximum atomic E-state index is 12.4. The molecule has 1 amide bonds. The molecule has 0 bridgehead atoms. The van der Waals surface area contributed by atoms with E-state index in [1.807, 2.05) is 38.1 Å². The van der Waals surface area contributed by atoms with Gasteiger partial charge in [0.1, 0.15) is 0 Å². The molecule has 28 heavy (non-hydrogen) atoms. The number of para-hydroxylation sites is 1. The Kier molecular flexibility index (Phi) is 6.96. The van der Waals surface area contributed by atoms with Gasteiger partial charge < -0.3 is 10.1 Å². The highest BCUT2D eigenvalue weighted by Gasteiger charge is 2.20. The fraction of sp³-hybridized carbons (Fsp3) is 0.333. The molecule has 7 heteroatoms. The number of esters is 1. The molecule has 0 radical (unpaired) electrons. The number of rotatable bonds is 7. The molecular formula is C21H25NO5S. The highest BCUT2D eigenvalue weighted by atomic mass is 32.2. The molecule has 0 aliphatic rings. The van der Waals surface area contributed by atoms with Gasteiger partial charge in [0, 0.05) is 11.9 Å². The summed E-state index contributed by atoms with van der Waals surface area (Å²) in [7, 11) is -3.15. The van der Waals surface area contributed by atoms with Crippen molar-refractivity contribution in [2.75, 3.05) is 11.6 Å². The molecule has 0 heterocycles. The van der Waals surface area contributed by atoms with Gasteiger partial charge in [-0.25, -0.2) is 13.2 Å². The van der Waals surface area contributed by atoms with Crippen molar-refractivity contribution in [3.8, 4) is 0 Å². The summed E-state index contributed by atoms with van der Waals surface area (Å²) >= 11 is 0. The smallest absolute Gasteiger partial charge is 0.338 e. The van der Waals surface area contributed by atoms with Crippen molar-refractivity contribution in [2.45, 2.75) is 38.5 Å². The molecular weight excluding hydrogens is 378 g/mol. The highest BCUT2D eigenvalue weighted by Crippen LogP contribution is 2.24. The number of carbonyl (C=O) groups excluding carboxylic acids is 2. The number of nitrogens with one attached hydrogen (secondary N) is 1. The number of benzene rings is 2. The molecule has 0 unspecified atom stereocenters. The second-order valence-corrected chi connectivity index (χ2v) is 9.19. The minimum atomic E-state index is -3.15. The van der Waals surface area contributed by atoms with E-state index >= 15 is 0 Å². The third kappa shape index (κ3) is 6.20. The molecule has 1 atom stereocenters. The molecule has 2 aromatic carbocycles. The molecule has 2 rings (SSSR count). The van der Waals surface area contributed by atoms with Gasteiger partial charge in [0.2, 0.25) is 0 Å². The number of hydrogen-bond donors (Lipinski definition) is 1. The lowest BCUT2D eigenvalue weighted by molar-refractivity contribution is -0.123. The van der Waals surface area contributed by atoms with Crippen LogP contribution in [-0.2, 0) is 25.1 Å². The first kappa shape index (κ1) is 21.6. The molecule has 0 fully saturated rings. The van der Waals surface area contributed by atoms with Gasteiger partial charge in [-0.3, -0.25) is 4.79 Å². The standard InChI is InChI=1S/C21H25NO5S/c1-14(2)18-7-5-6-8-19(18)22-20(23)15(3)27-21(24)17-11-9-16(10-12-17)13-28(4,25)26/h5-12,14-15H,13H2,1-4H3,(H,22,23)/t15-/m0/s1. The predicted octanol–water partition coefficient (Wildman–Crippen LogP) is 3.54. The molecule has 2 aromatic rings. The van der Waals surface area contributed by atoms with Crippen molar-refractivity contribution in [1.29, 1.82) is 0 Å². The topological polar surface area (TPSA) is 89.5 Å². The first-order chi connectivity index (χ1) is 13.1. The van der Waals surface area contributed by atoms with Crippen molar-refractivity contribution in [3.05, 3.63) is 65.2 Å². The Bertz CT molecular complexity index is 949. The molecule has 150 valence electrons. The van der Waals surface area contributed by atoms with Crippen LogP contribution in [-0.4, -0.2) is 32.7 Å². The quantitative estimate of drug-likeness (QED) is 0.714. The van der Waals surface area contributed by atoms with Crippen LogP contribution in [0.3, 0.4) is 0 Å². The first-order valence-corrected chi connectivity index (χ1v) is 11.0. The zero-order valence-electron chi connectivity index (χ0n) is 16.4. The molecule has 6 nitrogen and oxygen atoms in total. The Labute approximate surface area is 165 Å². The fourth-order valence-corrected chi connectivity index (χ4v) is 3.47. The van der Waals surface area contributed by atoms with Crippen LogP contribution in [0, 0.1) is 0 Å². The predicted molar refractivity (Wildman–Crippen MR) is 109 cm³/mol. The van der Waals surface area contributed by atoms with Crippen molar-refractivity contribution in [3.63, 3.8) is 0 Å². The summed E-state index contributed by atoms with van der Waals surface area (Å²) in [4.78, 5) is 24.7. The third-order valence-corrected chi connectivity index (χ3v) is 4.97. The van der Waals surface area contributed by atoms with Gasteiger partial charge in [-0.05, 0) is 42.2 Å². The largest absolute Gasteiger partial charge is 0.449 e. The molecule has 1 N–H and O–H groups in total. The first-order valence-electron chi connectivity index (χ1n) is 8.94. The summed E-state index contributed by atoms with van der Waals surface area (Å²) in [5.41, 5.74) is 2.51. The van der Waals surface area contributed by atoms with Crippen molar-refractivity contribution in [2.24, 2.45) is 0 Å². The number of anilines is 1. The van der Waals surface area contributed by atoms with E-state index in [1.165, 1.54) is 19.1 Å². The van der Waals surface area contributed by atoms with Crippen molar-refractivity contribution >= 4 is 27.4 Å². The van der Waals surface area contributed by atoms with E-state index in [1.54, 1.807) is 12.1 Å². The van der Waals surface area contributed by atoms with Crippen molar-refractivity contribution < 1.29 is 22.7 Å². The SMILES string of the molecule is CC(C)c1ccccc1NC(=O)[C@H](C)OC(=O)c1ccc(CS(C)(=O)=O)cc1. The summed E-state index contributed by atoms with van der Waals surface area (Å²) < 4.78 is 27.9. The lowest BCUT2D eigenvalue weighted by atomic mass is 10.0. The van der Waals surface area contributed by atoms with Crippen LogP contribution in [0.5, 0.6) is 0 Å². The molecule has 0 aliphatic carbocycles. The number of sulfone groups is 1. The lowest BCUT2D eigenvalue weighted by Crippen LogP contribution is -2.30. The van der Waals surface area contributed by atoms with Gasteiger partial charge >= 0.3 is 5.97 Å². The van der Waals surface area contributed by atoms with E-state index in [-0.39, 0.29) is 17.2 Å². The van der Waals surface area contributed by atoms with Crippen LogP contribution < -0.4 is 5.32 Å². The van der Waals surface area contributed by atoms with E-state index < -0.39 is 27.8 Å². The maximum absolute atomic E-state index is 12.4. The Morgan fingerprint density at radius 2 is 1.61 bits per heavy atom. The van der Waals surface area contributed by atoms with Gasteiger partial charge in [-0.15, -0.1) is 0 Å². The van der Waals surface area contributed by atoms with Crippen molar-refractivity contribution in [1.82, 2.24) is 0 Å². The molecule has 0 aromatic heterocycles. The second kappa shape index (κ2) is 9.01. The van der Waals surface area contributed by atoms with Crippen LogP contribution in [0.15, 0.2) is 48.5 Å². The van der Waals surface area contributed by atoms with E-state index in [4.69, 9.17) is 4.74 Å². The van der Waals surface area contributed by atoms with Gasteiger partial charge in [0.05, 0.1) is 11.3 Å².